The molecular weight excluding hydrogens is 350 g/mol. The van der Waals surface area contributed by atoms with Gasteiger partial charge in [0.1, 0.15) is 0 Å². The Morgan fingerprint density at radius 2 is 1.75 bits per heavy atom. The van der Waals surface area contributed by atoms with Crippen molar-refractivity contribution < 1.29 is 4.79 Å². The summed E-state index contributed by atoms with van der Waals surface area (Å²) in [5.74, 6) is 0.121. The number of amides is 1. The van der Waals surface area contributed by atoms with E-state index in [1.54, 1.807) is 0 Å². The fourth-order valence-electron chi connectivity index (χ4n) is 3.80. The maximum absolute atomic E-state index is 12.6. The van der Waals surface area contributed by atoms with Gasteiger partial charge in [0.2, 0.25) is 5.91 Å². The molecule has 2 heterocycles. The van der Waals surface area contributed by atoms with Gasteiger partial charge in [-0.3, -0.25) is 9.59 Å². The number of hydrogen-bond donors (Lipinski definition) is 1. The van der Waals surface area contributed by atoms with E-state index in [9.17, 15) is 9.59 Å². The Bertz CT molecular complexity index is 1030. The van der Waals surface area contributed by atoms with Crippen molar-refractivity contribution in [2.75, 3.05) is 31.1 Å². The number of benzene rings is 2. The van der Waals surface area contributed by atoms with E-state index in [1.807, 2.05) is 54.3 Å². The molecule has 2 aromatic carbocycles. The van der Waals surface area contributed by atoms with Gasteiger partial charge in [-0.25, -0.2) is 0 Å². The lowest BCUT2D eigenvalue weighted by atomic mass is 10.1. The van der Waals surface area contributed by atoms with E-state index in [4.69, 9.17) is 0 Å². The second kappa shape index (κ2) is 7.89. The van der Waals surface area contributed by atoms with Gasteiger partial charge in [-0.15, -0.1) is 0 Å². The van der Waals surface area contributed by atoms with Crippen LogP contribution in [0.4, 0.5) is 5.69 Å². The lowest BCUT2D eigenvalue weighted by Gasteiger charge is -2.36. The van der Waals surface area contributed by atoms with E-state index >= 15 is 0 Å². The predicted octanol–water partition coefficient (Wildman–Crippen LogP) is 3.12. The van der Waals surface area contributed by atoms with Crippen LogP contribution in [0.2, 0.25) is 0 Å². The number of H-pyrrole nitrogens is 1. The summed E-state index contributed by atoms with van der Waals surface area (Å²) in [5, 5.41) is 1.00. The summed E-state index contributed by atoms with van der Waals surface area (Å²) in [6.45, 7) is 5.13. The monoisotopic (exact) mass is 375 g/mol. The van der Waals surface area contributed by atoms with E-state index in [-0.39, 0.29) is 11.5 Å². The molecule has 28 heavy (non-hydrogen) atoms. The van der Waals surface area contributed by atoms with E-state index in [1.165, 1.54) is 5.69 Å². The van der Waals surface area contributed by atoms with E-state index in [0.29, 0.717) is 18.4 Å². The molecule has 0 radical (unpaired) electrons. The number of carbonyl (C=O) groups excluding carboxylic acids is 1. The number of nitrogens with zero attached hydrogens (tertiary/aromatic N) is 2. The van der Waals surface area contributed by atoms with Gasteiger partial charge in [0.15, 0.2) is 0 Å². The Kier molecular flexibility index (Phi) is 5.15. The molecule has 0 atom stereocenters. The molecule has 1 saturated heterocycles. The summed E-state index contributed by atoms with van der Waals surface area (Å²) in [4.78, 5) is 32.1. The molecule has 5 nitrogen and oxygen atoms in total. The van der Waals surface area contributed by atoms with Crippen LogP contribution in [0.5, 0.6) is 0 Å². The van der Waals surface area contributed by atoms with Crippen LogP contribution in [-0.2, 0) is 11.2 Å². The van der Waals surface area contributed by atoms with E-state index < -0.39 is 0 Å². The molecule has 0 bridgehead atoms. The normalized spacial score (nSPS) is 14.5. The molecule has 5 heteroatoms. The molecule has 1 aliphatic heterocycles. The molecule has 1 fully saturated rings. The minimum atomic E-state index is -0.0974. The number of para-hydroxylation sites is 1. The molecular formula is C23H25N3O2. The first kappa shape index (κ1) is 18.3. The van der Waals surface area contributed by atoms with Crippen molar-refractivity contribution in [2.45, 2.75) is 19.8 Å². The van der Waals surface area contributed by atoms with Crippen LogP contribution in [0.1, 0.15) is 17.5 Å². The Morgan fingerprint density at radius 3 is 2.50 bits per heavy atom. The molecule has 0 spiro atoms. The third-order valence-electron chi connectivity index (χ3n) is 5.44. The van der Waals surface area contributed by atoms with E-state index in [2.05, 4.69) is 22.0 Å². The first-order valence-electron chi connectivity index (χ1n) is 9.80. The summed E-state index contributed by atoms with van der Waals surface area (Å²) in [7, 11) is 0. The van der Waals surface area contributed by atoms with E-state index in [0.717, 1.165) is 42.6 Å². The van der Waals surface area contributed by atoms with Crippen LogP contribution in [0.25, 0.3) is 10.9 Å². The number of nitrogens with one attached hydrogen (secondary N) is 1. The molecule has 1 aromatic heterocycles. The molecule has 1 aliphatic rings. The second-order valence-corrected chi connectivity index (χ2v) is 7.42. The number of aromatic amines is 1. The first-order chi connectivity index (χ1) is 13.6. The molecule has 0 aliphatic carbocycles. The number of rotatable bonds is 4. The SMILES string of the molecule is Cc1ccc2cc(CCC(=O)N3CCN(c4ccccc4)CC3)c(=O)[nH]c2c1. The highest BCUT2D eigenvalue weighted by Gasteiger charge is 2.21. The van der Waals surface area contributed by atoms with Crippen molar-refractivity contribution in [2.24, 2.45) is 0 Å². The highest BCUT2D eigenvalue weighted by Crippen LogP contribution is 2.17. The number of piperazine rings is 1. The number of hydrogen-bond acceptors (Lipinski definition) is 3. The van der Waals surface area contributed by atoms with Crippen LogP contribution in [0.15, 0.2) is 59.4 Å². The number of aryl methyl sites for hydroxylation is 2. The minimum Gasteiger partial charge on any atom is -0.368 e. The van der Waals surface area contributed by atoms with Gasteiger partial charge >= 0.3 is 0 Å². The smallest absolute Gasteiger partial charge is 0.251 e. The molecule has 3 aromatic rings. The topological polar surface area (TPSA) is 56.4 Å². The van der Waals surface area contributed by atoms with Gasteiger partial charge in [-0.1, -0.05) is 30.3 Å². The third-order valence-corrected chi connectivity index (χ3v) is 5.44. The molecule has 4 rings (SSSR count). The second-order valence-electron chi connectivity index (χ2n) is 7.42. The van der Waals surface area contributed by atoms with Crippen LogP contribution in [0.3, 0.4) is 0 Å². The Hall–Kier alpha value is -3.08. The molecule has 144 valence electrons. The zero-order valence-corrected chi connectivity index (χ0v) is 16.1. The van der Waals surface area contributed by atoms with Crippen LogP contribution < -0.4 is 10.5 Å². The minimum absolute atomic E-state index is 0.0974. The molecule has 1 N–H and O–H groups in total. The Labute approximate surface area is 164 Å². The lowest BCUT2D eigenvalue weighted by Crippen LogP contribution is -2.48. The average Bonchev–Trinajstić information content (AvgIpc) is 2.73. The van der Waals surface area contributed by atoms with Gasteiger partial charge in [0.25, 0.3) is 5.56 Å². The van der Waals surface area contributed by atoms with Gasteiger partial charge in [0, 0.05) is 49.4 Å². The quantitative estimate of drug-likeness (QED) is 0.762. The highest BCUT2D eigenvalue weighted by atomic mass is 16.2. The van der Waals surface area contributed by atoms with Crippen molar-refractivity contribution >= 4 is 22.5 Å². The number of pyridine rings is 1. The van der Waals surface area contributed by atoms with Gasteiger partial charge in [-0.05, 0) is 48.6 Å². The molecule has 0 unspecified atom stereocenters. The zero-order chi connectivity index (χ0) is 19.5. The number of carbonyl (C=O) groups is 1. The number of anilines is 1. The molecule has 0 saturated carbocycles. The van der Waals surface area contributed by atoms with Gasteiger partial charge < -0.3 is 14.8 Å². The summed E-state index contributed by atoms with van der Waals surface area (Å²) in [6.07, 6.45) is 0.836. The average molecular weight is 375 g/mol. The van der Waals surface area contributed by atoms with Crippen molar-refractivity contribution in [3.8, 4) is 0 Å². The van der Waals surface area contributed by atoms with Crippen molar-refractivity contribution in [3.05, 3.63) is 76.1 Å². The Morgan fingerprint density at radius 1 is 1.00 bits per heavy atom. The first-order valence-corrected chi connectivity index (χ1v) is 9.80. The van der Waals surface area contributed by atoms with Gasteiger partial charge in [0.05, 0.1) is 0 Å². The summed E-state index contributed by atoms with van der Waals surface area (Å²) >= 11 is 0. The fourth-order valence-corrected chi connectivity index (χ4v) is 3.80. The van der Waals surface area contributed by atoms with Crippen LogP contribution in [0, 0.1) is 6.92 Å². The molecule has 1 amide bonds. The number of aromatic nitrogens is 1. The van der Waals surface area contributed by atoms with Crippen LogP contribution in [-0.4, -0.2) is 42.0 Å². The highest BCUT2D eigenvalue weighted by molar-refractivity contribution is 5.80. The standard InChI is InChI=1S/C23H25N3O2/c1-17-7-8-18-16-19(23(28)24-21(18)15-17)9-10-22(27)26-13-11-25(12-14-26)20-5-3-2-4-6-20/h2-8,15-16H,9-14H2,1H3,(H,24,28). The summed E-state index contributed by atoms with van der Waals surface area (Å²) < 4.78 is 0. The zero-order valence-electron chi connectivity index (χ0n) is 16.1. The Balaban J connectivity index is 1.36. The van der Waals surface area contributed by atoms with Crippen molar-refractivity contribution in [1.82, 2.24) is 9.88 Å². The summed E-state index contributed by atoms with van der Waals surface area (Å²) in [6, 6.07) is 18.2. The summed E-state index contributed by atoms with van der Waals surface area (Å²) in [5.41, 5.74) is 3.73. The third kappa shape index (κ3) is 3.93. The maximum Gasteiger partial charge on any atom is 0.251 e. The van der Waals surface area contributed by atoms with Crippen molar-refractivity contribution in [3.63, 3.8) is 0 Å². The largest absolute Gasteiger partial charge is 0.368 e. The lowest BCUT2D eigenvalue weighted by molar-refractivity contribution is -0.131. The number of fused-ring (bicyclic) bond motifs is 1. The predicted molar refractivity (Wildman–Crippen MR) is 113 cm³/mol. The fraction of sp³-hybridized carbons (Fsp3) is 0.304. The maximum atomic E-state index is 12.6. The van der Waals surface area contributed by atoms with Crippen LogP contribution >= 0.6 is 0 Å². The van der Waals surface area contributed by atoms with Gasteiger partial charge in [-0.2, -0.15) is 0 Å². The van der Waals surface area contributed by atoms with Crippen molar-refractivity contribution in [1.29, 1.82) is 0 Å².